The van der Waals surface area contributed by atoms with Crippen LogP contribution in [0, 0.1) is 0 Å². The van der Waals surface area contributed by atoms with E-state index in [0.717, 1.165) is 22.3 Å². The van der Waals surface area contributed by atoms with Crippen LogP contribution in [0.15, 0.2) is 29.2 Å². The minimum absolute atomic E-state index is 0.157. The van der Waals surface area contributed by atoms with Gasteiger partial charge in [-0.25, -0.2) is 8.42 Å². The summed E-state index contributed by atoms with van der Waals surface area (Å²) in [6.07, 6.45) is 0.439. The predicted molar refractivity (Wildman–Crippen MR) is 84.9 cm³/mol. The van der Waals surface area contributed by atoms with Gasteiger partial charge in [-0.05, 0) is 12.1 Å². The van der Waals surface area contributed by atoms with Crippen LogP contribution >= 0.6 is 11.8 Å². The molecule has 1 aromatic heterocycles. The standard InChI is InChI=1S/C14H17N3O3S2/c1-20-11-4-2-3-5-12(11)21-10-14-16-15-13-6-8-22(18,19)9-7-17(13)14/h2-5H,6-10H2,1H3. The molecule has 0 radical (unpaired) electrons. The van der Waals surface area contributed by atoms with Crippen molar-refractivity contribution < 1.29 is 13.2 Å². The Balaban J connectivity index is 1.76. The van der Waals surface area contributed by atoms with E-state index in [2.05, 4.69) is 10.2 Å². The Bertz CT molecular complexity index is 771. The Morgan fingerprint density at radius 3 is 2.91 bits per heavy atom. The summed E-state index contributed by atoms with van der Waals surface area (Å²) in [6, 6.07) is 7.80. The second kappa shape index (κ2) is 6.29. The smallest absolute Gasteiger partial charge is 0.152 e. The number of hydrogen-bond donors (Lipinski definition) is 0. The summed E-state index contributed by atoms with van der Waals surface area (Å²) in [4.78, 5) is 1.03. The quantitative estimate of drug-likeness (QED) is 0.787. The maximum absolute atomic E-state index is 11.7. The lowest BCUT2D eigenvalue weighted by Gasteiger charge is -2.09. The summed E-state index contributed by atoms with van der Waals surface area (Å²) in [5, 5.41) is 8.36. The predicted octanol–water partition coefficient (Wildman–Crippen LogP) is 1.55. The summed E-state index contributed by atoms with van der Waals surface area (Å²) in [7, 11) is -1.32. The molecule has 8 heteroatoms. The zero-order chi connectivity index (χ0) is 15.6. The van der Waals surface area contributed by atoms with Gasteiger partial charge in [-0.2, -0.15) is 0 Å². The summed E-state index contributed by atoms with van der Waals surface area (Å²) >= 11 is 1.61. The number of benzene rings is 1. The molecule has 0 fully saturated rings. The fourth-order valence-corrected chi connectivity index (χ4v) is 4.51. The fourth-order valence-electron chi connectivity index (χ4n) is 2.38. The molecule has 0 N–H and O–H groups in total. The molecule has 0 saturated heterocycles. The third kappa shape index (κ3) is 3.27. The first-order chi connectivity index (χ1) is 10.6. The van der Waals surface area contributed by atoms with Gasteiger partial charge in [0.1, 0.15) is 17.4 Å². The Kier molecular flexibility index (Phi) is 4.39. The Morgan fingerprint density at radius 2 is 2.09 bits per heavy atom. The van der Waals surface area contributed by atoms with Gasteiger partial charge in [-0.1, -0.05) is 12.1 Å². The van der Waals surface area contributed by atoms with Gasteiger partial charge in [0.2, 0.25) is 0 Å². The number of nitrogens with zero attached hydrogens (tertiary/aromatic N) is 3. The van der Waals surface area contributed by atoms with Crippen LogP contribution in [0.4, 0.5) is 0 Å². The highest BCUT2D eigenvalue weighted by Crippen LogP contribution is 2.31. The number of ether oxygens (including phenoxy) is 1. The zero-order valence-corrected chi connectivity index (χ0v) is 13.9. The summed E-state index contributed by atoms with van der Waals surface area (Å²) < 4.78 is 30.7. The lowest BCUT2D eigenvalue weighted by molar-refractivity contribution is 0.405. The molecule has 1 aliphatic rings. The van der Waals surface area contributed by atoms with E-state index in [9.17, 15) is 8.42 Å². The third-order valence-corrected chi connectivity index (χ3v) is 6.27. The molecular formula is C14H17N3O3S2. The largest absolute Gasteiger partial charge is 0.496 e. The lowest BCUT2D eigenvalue weighted by Crippen LogP contribution is -2.13. The lowest BCUT2D eigenvalue weighted by atomic mass is 10.3. The van der Waals surface area contributed by atoms with Crippen LogP contribution in [0.25, 0.3) is 0 Å². The number of methoxy groups -OCH3 is 1. The van der Waals surface area contributed by atoms with Crippen molar-refractivity contribution in [2.24, 2.45) is 0 Å². The molecule has 2 heterocycles. The van der Waals surface area contributed by atoms with Gasteiger partial charge in [0, 0.05) is 17.9 Å². The molecule has 1 aromatic carbocycles. The first kappa shape index (κ1) is 15.4. The average Bonchev–Trinajstić information content (AvgIpc) is 2.84. The van der Waals surface area contributed by atoms with Crippen molar-refractivity contribution in [3.63, 3.8) is 0 Å². The van der Waals surface area contributed by atoms with Gasteiger partial charge in [0.05, 0.1) is 24.4 Å². The number of sulfone groups is 1. The molecule has 118 valence electrons. The van der Waals surface area contributed by atoms with E-state index in [0.29, 0.717) is 18.7 Å². The van der Waals surface area contributed by atoms with Gasteiger partial charge < -0.3 is 9.30 Å². The van der Waals surface area contributed by atoms with Crippen LogP contribution in [0.3, 0.4) is 0 Å². The highest BCUT2D eigenvalue weighted by Gasteiger charge is 2.22. The summed E-state index contributed by atoms with van der Waals surface area (Å²) in [6.45, 7) is 0.437. The highest BCUT2D eigenvalue weighted by atomic mass is 32.2. The van der Waals surface area contributed by atoms with Crippen molar-refractivity contribution in [2.75, 3.05) is 18.6 Å². The Morgan fingerprint density at radius 1 is 1.27 bits per heavy atom. The number of rotatable bonds is 4. The summed E-state index contributed by atoms with van der Waals surface area (Å²) in [5.74, 6) is 3.34. The first-order valence-electron chi connectivity index (χ1n) is 6.96. The van der Waals surface area contributed by atoms with Gasteiger partial charge in [0.25, 0.3) is 0 Å². The fraction of sp³-hybridized carbons (Fsp3) is 0.429. The van der Waals surface area contributed by atoms with Gasteiger partial charge in [0.15, 0.2) is 9.84 Å². The third-order valence-electron chi connectivity index (χ3n) is 3.59. The van der Waals surface area contributed by atoms with Crippen LogP contribution in [0.2, 0.25) is 0 Å². The normalized spacial score (nSPS) is 16.8. The van der Waals surface area contributed by atoms with E-state index in [1.165, 1.54) is 0 Å². The molecule has 6 nitrogen and oxygen atoms in total. The van der Waals surface area contributed by atoms with E-state index in [-0.39, 0.29) is 11.5 Å². The molecule has 22 heavy (non-hydrogen) atoms. The van der Waals surface area contributed by atoms with Crippen molar-refractivity contribution in [3.8, 4) is 5.75 Å². The number of hydrogen-bond acceptors (Lipinski definition) is 6. The van der Waals surface area contributed by atoms with Crippen LogP contribution < -0.4 is 4.74 Å². The van der Waals surface area contributed by atoms with Crippen LogP contribution in [0.5, 0.6) is 5.75 Å². The molecule has 0 unspecified atom stereocenters. The number of aryl methyl sites for hydroxylation is 1. The van der Waals surface area contributed by atoms with Gasteiger partial charge >= 0.3 is 0 Å². The van der Waals surface area contributed by atoms with Gasteiger partial charge in [-0.15, -0.1) is 22.0 Å². The van der Waals surface area contributed by atoms with Crippen molar-refractivity contribution in [3.05, 3.63) is 35.9 Å². The van der Waals surface area contributed by atoms with Crippen molar-refractivity contribution in [1.82, 2.24) is 14.8 Å². The molecule has 0 bridgehead atoms. The van der Waals surface area contributed by atoms with E-state index < -0.39 is 9.84 Å². The molecule has 0 atom stereocenters. The second-order valence-corrected chi connectivity index (χ2v) is 8.35. The highest BCUT2D eigenvalue weighted by molar-refractivity contribution is 7.98. The second-order valence-electron chi connectivity index (χ2n) is 5.03. The molecule has 0 spiro atoms. The van der Waals surface area contributed by atoms with Crippen LogP contribution in [0.1, 0.15) is 11.6 Å². The van der Waals surface area contributed by atoms with Crippen molar-refractivity contribution in [2.45, 2.75) is 23.6 Å². The monoisotopic (exact) mass is 339 g/mol. The molecule has 0 amide bonds. The van der Waals surface area contributed by atoms with E-state index in [1.807, 2.05) is 28.8 Å². The molecule has 0 saturated carbocycles. The van der Waals surface area contributed by atoms with Crippen LogP contribution in [-0.4, -0.2) is 41.8 Å². The number of aromatic nitrogens is 3. The van der Waals surface area contributed by atoms with E-state index >= 15 is 0 Å². The molecule has 0 aliphatic carbocycles. The minimum Gasteiger partial charge on any atom is -0.496 e. The zero-order valence-electron chi connectivity index (χ0n) is 12.2. The molecule has 2 aromatic rings. The minimum atomic E-state index is -2.97. The van der Waals surface area contributed by atoms with Crippen LogP contribution in [-0.2, 0) is 28.6 Å². The van der Waals surface area contributed by atoms with Gasteiger partial charge in [-0.3, -0.25) is 0 Å². The van der Waals surface area contributed by atoms with E-state index in [4.69, 9.17) is 4.74 Å². The van der Waals surface area contributed by atoms with E-state index in [1.54, 1.807) is 18.9 Å². The topological polar surface area (TPSA) is 74.1 Å². The number of thioether (sulfide) groups is 1. The average molecular weight is 339 g/mol. The maximum atomic E-state index is 11.7. The maximum Gasteiger partial charge on any atom is 0.152 e. The molecule has 1 aliphatic heterocycles. The molecular weight excluding hydrogens is 322 g/mol. The first-order valence-corrected chi connectivity index (χ1v) is 9.77. The summed E-state index contributed by atoms with van der Waals surface area (Å²) in [5.41, 5.74) is 0. The SMILES string of the molecule is COc1ccccc1SCc1nnc2n1CCS(=O)(=O)CC2. The number of para-hydroxylation sites is 1. The Labute approximate surface area is 133 Å². The number of fused-ring (bicyclic) bond motifs is 1. The van der Waals surface area contributed by atoms with Crippen molar-refractivity contribution in [1.29, 1.82) is 0 Å². The van der Waals surface area contributed by atoms with Crippen molar-refractivity contribution >= 4 is 21.6 Å². The molecule has 3 rings (SSSR count). The Hall–Kier alpha value is -1.54.